The van der Waals surface area contributed by atoms with Crippen molar-refractivity contribution in [3.05, 3.63) is 0 Å². The van der Waals surface area contributed by atoms with Crippen molar-refractivity contribution in [2.45, 2.75) is 53.9 Å². The third-order valence-corrected chi connectivity index (χ3v) is 8.55. The maximum atomic E-state index is 12.8. The zero-order valence-corrected chi connectivity index (χ0v) is 15.4. The summed E-state index contributed by atoms with van der Waals surface area (Å²) < 4.78 is 34.1. The van der Waals surface area contributed by atoms with Gasteiger partial charge < -0.3 is 4.52 Å². The van der Waals surface area contributed by atoms with Crippen LogP contribution < -0.4 is 0 Å². The van der Waals surface area contributed by atoms with Crippen LogP contribution in [0.5, 0.6) is 0 Å². The van der Waals surface area contributed by atoms with Gasteiger partial charge in [0.2, 0.25) is 0 Å². The Labute approximate surface area is 124 Å². The van der Waals surface area contributed by atoms with E-state index in [2.05, 4.69) is 11.4 Å². The largest absolute Gasteiger partial charge is 0.454 e. The Morgan fingerprint density at radius 2 is 1.15 bits per heavy atom. The smallest absolute Gasteiger partial charge is 0.344 e. The van der Waals surface area contributed by atoms with Gasteiger partial charge in [0.15, 0.2) is 0 Å². The third kappa shape index (κ3) is 7.38. The second kappa shape index (κ2) is 11.0. The monoisotopic (exact) mass is 327 g/mol. The first kappa shape index (κ1) is 20.3. The van der Waals surface area contributed by atoms with E-state index in [1.807, 2.05) is 27.7 Å². The quantitative estimate of drug-likeness (QED) is 0.442. The summed E-state index contributed by atoms with van der Waals surface area (Å²) in [5.41, 5.74) is 0. The lowest BCUT2D eigenvalue weighted by atomic mass is 10.5. The van der Waals surface area contributed by atoms with Gasteiger partial charge in [-0.2, -0.15) is 4.52 Å². The maximum absolute atomic E-state index is 12.8. The molecule has 0 N–H and O–H groups in total. The molecule has 5 nitrogen and oxygen atoms in total. The van der Waals surface area contributed by atoms with Gasteiger partial charge in [-0.3, -0.25) is 9.05 Å². The summed E-state index contributed by atoms with van der Waals surface area (Å²) in [6.07, 6.45) is 4.02. The molecule has 122 valence electrons. The van der Waals surface area contributed by atoms with Gasteiger partial charge in [0.1, 0.15) is 0 Å². The fraction of sp³-hybridized carbons (Fsp3) is 1.00. The van der Waals surface area contributed by atoms with E-state index in [9.17, 15) is 4.57 Å². The van der Waals surface area contributed by atoms with Gasteiger partial charge >= 0.3 is 7.75 Å². The van der Waals surface area contributed by atoms with E-state index >= 15 is 0 Å². The van der Waals surface area contributed by atoms with Crippen LogP contribution in [-0.4, -0.2) is 32.1 Å². The van der Waals surface area contributed by atoms with E-state index in [1.165, 1.54) is 0 Å². The van der Waals surface area contributed by atoms with Crippen LogP contribution in [0.15, 0.2) is 4.52 Å². The Bertz CT molecular complexity index is 327. The van der Waals surface area contributed by atoms with Crippen LogP contribution in [0.1, 0.15) is 53.9 Å². The van der Waals surface area contributed by atoms with Gasteiger partial charge in [-0.25, -0.2) is 4.57 Å². The minimum Gasteiger partial charge on any atom is -0.344 e. The Balaban J connectivity index is 5.27. The normalized spacial score (nSPS) is 12.7. The number of hydrogen-bond donors (Lipinski definition) is 0. The minimum atomic E-state index is -3.40. The molecule has 0 aromatic heterocycles. The van der Waals surface area contributed by atoms with Crippen molar-refractivity contribution < 1.29 is 18.1 Å². The Morgan fingerprint density at radius 1 is 0.750 bits per heavy atom. The summed E-state index contributed by atoms with van der Waals surface area (Å²) in [4.78, 5) is 0. The molecule has 0 aromatic rings. The van der Waals surface area contributed by atoms with Gasteiger partial charge in [0, 0.05) is 12.3 Å². The van der Waals surface area contributed by atoms with Crippen molar-refractivity contribution in [2.75, 3.05) is 32.1 Å². The number of nitrogens with zero attached hydrogens (tertiary/aromatic N) is 1. The van der Waals surface area contributed by atoms with Crippen molar-refractivity contribution in [3.8, 4) is 0 Å². The molecule has 0 aromatic carbocycles. The lowest BCUT2D eigenvalue weighted by Crippen LogP contribution is -2.01. The molecule has 0 amide bonds. The summed E-state index contributed by atoms with van der Waals surface area (Å²) in [6, 6.07) is 0. The SMILES string of the molecule is CCCOP(=O)(N=P(CC)(CC)OCCC)OCCC. The Morgan fingerprint density at radius 3 is 1.50 bits per heavy atom. The third-order valence-electron chi connectivity index (χ3n) is 2.71. The van der Waals surface area contributed by atoms with Crippen LogP contribution in [0.25, 0.3) is 0 Å². The first-order chi connectivity index (χ1) is 9.51. The summed E-state index contributed by atoms with van der Waals surface area (Å²) in [6.45, 7) is 11.5. The Kier molecular flexibility index (Phi) is 11.2. The fourth-order valence-corrected chi connectivity index (χ4v) is 6.99. The van der Waals surface area contributed by atoms with E-state index in [-0.39, 0.29) is 0 Å². The molecule has 0 aliphatic rings. The second-order valence-electron chi connectivity index (χ2n) is 4.54. The van der Waals surface area contributed by atoms with E-state index in [0.717, 1.165) is 31.6 Å². The van der Waals surface area contributed by atoms with Crippen molar-refractivity contribution in [1.82, 2.24) is 0 Å². The van der Waals surface area contributed by atoms with Crippen LogP contribution in [-0.2, 0) is 18.1 Å². The van der Waals surface area contributed by atoms with Crippen LogP contribution >= 0.6 is 15.0 Å². The maximum Gasteiger partial charge on any atom is 0.454 e. The van der Waals surface area contributed by atoms with Gasteiger partial charge in [0.05, 0.1) is 27.1 Å². The molecule has 0 atom stereocenters. The molecular weight excluding hydrogens is 296 g/mol. The molecular formula is C13H31NO4P2. The molecule has 0 aliphatic heterocycles. The second-order valence-corrected chi connectivity index (χ2v) is 9.92. The van der Waals surface area contributed by atoms with E-state index in [1.54, 1.807) is 0 Å². The van der Waals surface area contributed by atoms with Crippen LogP contribution in [0.2, 0.25) is 0 Å². The van der Waals surface area contributed by atoms with Crippen molar-refractivity contribution in [3.63, 3.8) is 0 Å². The zero-order chi connectivity index (χ0) is 15.5. The van der Waals surface area contributed by atoms with E-state index in [4.69, 9.17) is 13.6 Å². The average Bonchev–Trinajstić information content (AvgIpc) is 2.48. The highest BCUT2D eigenvalue weighted by Gasteiger charge is 2.29. The minimum absolute atomic E-state index is 0.395. The summed E-state index contributed by atoms with van der Waals surface area (Å²) in [5, 5.41) is 0. The first-order valence-corrected chi connectivity index (χ1v) is 11.2. The molecule has 0 unspecified atom stereocenters. The number of hydrogen-bond acceptors (Lipinski definition) is 4. The van der Waals surface area contributed by atoms with Crippen LogP contribution in [0.4, 0.5) is 0 Å². The lowest BCUT2D eigenvalue weighted by Gasteiger charge is -2.24. The highest BCUT2D eigenvalue weighted by Crippen LogP contribution is 2.63. The highest BCUT2D eigenvalue weighted by atomic mass is 31.2. The summed E-state index contributed by atoms with van der Waals surface area (Å²) >= 11 is 0. The summed E-state index contributed by atoms with van der Waals surface area (Å²) in [5.74, 6) is 0. The topological polar surface area (TPSA) is 57.1 Å². The zero-order valence-electron chi connectivity index (χ0n) is 13.6. The molecule has 0 radical (unpaired) electrons. The average molecular weight is 327 g/mol. The van der Waals surface area contributed by atoms with E-state index < -0.39 is 15.0 Å². The molecule has 20 heavy (non-hydrogen) atoms. The van der Waals surface area contributed by atoms with Crippen LogP contribution in [0, 0.1) is 0 Å². The fourth-order valence-electron chi connectivity index (χ4n) is 1.52. The molecule has 0 aliphatic carbocycles. The molecule has 0 bridgehead atoms. The lowest BCUT2D eigenvalue weighted by molar-refractivity contribution is 0.205. The van der Waals surface area contributed by atoms with Gasteiger partial charge in [0.25, 0.3) is 0 Å². The molecule has 0 saturated heterocycles. The van der Waals surface area contributed by atoms with Gasteiger partial charge in [-0.15, -0.1) is 0 Å². The van der Waals surface area contributed by atoms with E-state index in [0.29, 0.717) is 19.8 Å². The van der Waals surface area contributed by atoms with Crippen molar-refractivity contribution in [1.29, 1.82) is 0 Å². The van der Waals surface area contributed by atoms with Crippen molar-refractivity contribution >= 4 is 15.0 Å². The van der Waals surface area contributed by atoms with Gasteiger partial charge in [-0.05, 0) is 19.3 Å². The highest BCUT2D eigenvalue weighted by molar-refractivity contribution is 7.69. The molecule has 0 saturated carbocycles. The molecule has 0 rings (SSSR count). The van der Waals surface area contributed by atoms with Gasteiger partial charge in [-0.1, -0.05) is 34.6 Å². The molecule has 7 heteroatoms. The first-order valence-electron chi connectivity index (χ1n) is 7.66. The predicted molar refractivity (Wildman–Crippen MR) is 86.8 cm³/mol. The Hall–Kier alpha value is 0.340. The standard InChI is InChI=1S/C13H31NO4P2/c1-6-11-16-19(9-4,10-5)14-20(15,17-12-7-2)18-13-8-3/h6-13H2,1-5H3. The predicted octanol–water partition coefficient (Wildman–Crippen LogP) is 5.53. The molecule has 0 heterocycles. The van der Waals surface area contributed by atoms with Crippen molar-refractivity contribution in [2.24, 2.45) is 4.52 Å². The van der Waals surface area contributed by atoms with Crippen LogP contribution in [0.3, 0.4) is 0 Å². The molecule has 0 fully saturated rings. The number of rotatable bonds is 12. The summed E-state index contributed by atoms with van der Waals surface area (Å²) in [7, 11) is -5.46. The molecule has 0 spiro atoms.